The van der Waals surface area contributed by atoms with Crippen molar-refractivity contribution in [3.63, 3.8) is 0 Å². The minimum Gasteiger partial charge on any atom is -0.354 e. The number of anilines is 1. The first-order chi connectivity index (χ1) is 9.50. The average molecular weight is 335 g/mol. The molecule has 1 aromatic carbocycles. The van der Waals surface area contributed by atoms with Gasteiger partial charge < -0.3 is 11.1 Å². The third-order valence-corrected chi connectivity index (χ3v) is 3.58. The summed E-state index contributed by atoms with van der Waals surface area (Å²) in [6.07, 6.45) is 3.65. The second-order valence-corrected chi connectivity index (χ2v) is 6.44. The molecule has 5 heteroatoms. The van der Waals surface area contributed by atoms with Gasteiger partial charge in [0.2, 0.25) is 5.95 Å². The Morgan fingerprint density at radius 3 is 2.50 bits per heavy atom. The van der Waals surface area contributed by atoms with Crippen LogP contribution in [0.1, 0.15) is 13.8 Å². The molecule has 0 fully saturated rings. The molecule has 0 aliphatic carbocycles. The smallest absolute Gasteiger partial charge is 0.222 e. The van der Waals surface area contributed by atoms with Gasteiger partial charge in [0.1, 0.15) is 0 Å². The van der Waals surface area contributed by atoms with Crippen molar-refractivity contribution in [2.24, 2.45) is 11.1 Å². The van der Waals surface area contributed by atoms with Crippen LogP contribution in [0, 0.1) is 5.41 Å². The molecule has 0 aliphatic heterocycles. The predicted molar refractivity (Wildman–Crippen MR) is 86.5 cm³/mol. The summed E-state index contributed by atoms with van der Waals surface area (Å²) in [5, 5.41) is 3.21. The number of nitrogens with one attached hydrogen (secondary N) is 1. The van der Waals surface area contributed by atoms with Crippen LogP contribution in [0.5, 0.6) is 0 Å². The molecule has 4 nitrogen and oxygen atoms in total. The van der Waals surface area contributed by atoms with E-state index in [4.69, 9.17) is 5.73 Å². The maximum Gasteiger partial charge on any atom is 0.222 e. The molecular weight excluding hydrogens is 316 g/mol. The topological polar surface area (TPSA) is 63.8 Å². The van der Waals surface area contributed by atoms with Gasteiger partial charge in [-0.1, -0.05) is 41.9 Å². The van der Waals surface area contributed by atoms with Crippen molar-refractivity contribution in [1.82, 2.24) is 9.97 Å². The quantitative estimate of drug-likeness (QED) is 0.880. The second-order valence-electron chi connectivity index (χ2n) is 5.53. The molecule has 2 aromatic rings. The first-order valence-electron chi connectivity index (χ1n) is 6.52. The fraction of sp³-hybridized carbons (Fsp3) is 0.333. The van der Waals surface area contributed by atoms with E-state index in [1.807, 2.05) is 36.7 Å². The van der Waals surface area contributed by atoms with Crippen LogP contribution in [-0.4, -0.2) is 23.1 Å². The molecule has 0 radical (unpaired) electrons. The van der Waals surface area contributed by atoms with E-state index in [0.717, 1.165) is 22.1 Å². The minimum absolute atomic E-state index is 0.0341. The molecule has 106 valence electrons. The van der Waals surface area contributed by atoms with Gasteiger partial charge in [0.25, 0.3) is 0 Å². The van der Waals surface area contributed by atoms with Gasteiger partial charge in [-0.2, -0.15) is 0 Å². The molecule has 1 aromatic heterocycles. The lowest BCUT2D eigenvalue weighted by Crippen LogP contribution is -2.31. The van der Waals surface area contributed by atoms with Gasteiger partial charge in [-0.05, 0) is 29.7 Å². The first kappa shape index (κ1) is 14.9. The molecule has 0 saturated carbocycles. The number of nitrogens with zero attached hydrogens (tertiary/aromatic N) is 2. The lowest BCUT2D eigenvalue weighted by molar-refractivity contribution is 0.404. The van der Waals surface area contributed by atoms with E-state index in [-0.39, 0.29) is 5.41 Å². The van der Waals surface area contributed by atoms with E-state index < -0.39 is 0 Å². The van der Waals surface area contributed by atoms with E-state index in [1.54, 1.807) is 0 Å². The first-order valence-corrected chi connectivity index (χ1v) is 7.31. The van der Waals surface area contributed by atoms with Gasteiger partial charge in [0.15, 0.2) is 0 Å². The van der Waals surface area contributed by atoms with Gasteiger partial charge in [-0.25, -0.2) is 9.97 Å². The molecule has 20 heavy (non-hydrogen) atoms. The summed E-state index contributed by atoms with van der Waals surface area (Å²) in [6.45, 7) is 5.58. The summed E-state index contributed by atoms with van der Waals surface area (Å²) in [4.78, 5) is 8.69. The summed E-state index contributed by atoms with van der Waals surface area (Å²) in [6, 6.07) is 8.07. The molecule has 0 atom stereocenters. The molecule has 0 amide bonds. The highest BCUT2D eigenvalue weighted by atomic mass is 79.9. The Kier molecular flexibility index (Phi) is 4.73. The zero-order chi connectivity index (χ0) is 14.6. The van der Waals surface area contributed by atoms with Crippen molar-refractivity contribution in [2.45, 2.75) is 13.8 Å². The minimum atomic E-state index is 0.0341. The van der Waals surface area contributed by atoms with Crippen LogP contribution in [-0.2, 0) is 0 Å². The van der Waals surface area contributed by atoms with Crippen molar-refractivity contribution in [3.8, 4) is 11.1 Å². The Bertz CT molecular complexity index is 566. The molecule has 0 bridgehead atoms. The molecule has 0 aliphatic rings. The van der Waals surface area contributed by atoms with Gasteiger partial charge in [-0.3, -0.25) is 0 Å². The molecule has 0 saturated heterocycles. The number of halogens is 1. The zero-order valence-corrected chi connectivity index (χ0v) is 13.3. The van der Waals surface area contributed by atoms with Crippen LogP contribution in [0.2, 0.25) is 0 Å². The van der Waals surface area contributed by atoms with Crippen molar-refractivity contribution >= 4 is 21.9 Å². The molecule has 0 unspecified atom stereocenters. The van der Waals surface area contributed by atoms with Gasteiger partial charge in [-0.15, -0.1) is 0 Å². The third-order valence-electron chi connectivity index (χ3n) is 3.09. The van der Waals surface area contributed by atoms with Crippen LogP contribution < -0.4 is 11.1 Å². The number of rotatable bonds is 5. The molecular formula is C15H19BrN4. The van der Waals surface area contributed by atoms with Crippen molar-refractivity contribution < 1.29 is 0 Å². The highest BCUT2D eigenvalue weighted by molar-refractivity contribution is 9.10. The number of aromatic nitrogens is 2. The summed E-state index contributed by atoms with van der Waals surface area (Å²) >= 11 is 3.46. The summed E-state index contributed by atoms with van der Waals surface area (Å²) in [7, 11) is 0. The summed E-state index contributed by atoms with van der Waals surface area (Å²) in [5.74, 6) is 0.630. The maximum absolute atomic E-state index is 5.70. The molecule has 2 rings (SSSR count). The number of hydrogen-bond donors (Lipinski definition) is 2. The lowest BCUT2D eigenvalue weighted by atomic mass is 9.94. The van der Waals surface area contributed by atoms with Gasteiger partial charge >= 0.3 is 0 Å². The van der Waals surface area contributed by atoms with Crippen molar-refractivity contribution in [1.29, 1.82) is 0 Å². The summed E-state index contributed by atoms with van der Waals surface area (Å²) < 4.78 is 1.04. The molecule has 3 N–H and O–H groups in total. The monoisotopic (exact) mass is 334 g/mol. The Hall–Kier alpha value is -1.46. The fourth-order valence-corrected chi connectivity index (χ4v) is 2.03. The van der Waals surface area contributed by atoms with Crippen LogP contribution >= 0.6 is 15.9 Å². The largest absolute Gasteiger partial charge is 0.354 e. The van der Waals surface area contributed by atoms with Crippen molar-refractivity contribution in [3.05, 3.63) is 41.1 Å². The van der Waals surface area contributed by atoms with Crippen LogP contribution in [0.15, 0.2) is 41.1 Å². The van der Waals surface area contributed by atoms with E-state index in [0.29, 0.717) is 12.5 Å². The summed E-state index contributed by atoms with van der Waals surface area (Å²) in [5.41, 5.74) is 7.82. The number of benzene rings is 1. The standard InChI is InChI=1S/C15H19BrN4/c1-15(2,9-17)10-20-14-18-7-12(8-19-14)11-4-3-5-13(16)6-11/h3-8H,9-10,17H2,1-2H3,(H,18,19,20). The maximum atomic E-state index is 5.70. The van der Waals surface area contributed by atoms with E-state index >= 15 is 0 Å². The SMILES string of the molecule is CC(C)(CN)CNc1ncc(-c2cccc(Br)c2)cn1. The van der Waals surface area contributed by atoms with E-state index in [9.17, 15) is 0 Å². The Morgan fingerprint density at radius 1 is 1.20 bits per heavy atom. The average Bonchev–Trinajstić information content (AvgIpc) is 2.46. The normalized spacial score (nSPS) is 11.4. The van der Waals surface area contributed by atoms with Crippen LogP contribution in [0.4, 0.5) is 5.95 Å². The predicted octanol–water partition coefficient (Wildman–Crippen LogP) is 3.30. The zero-order valence-electron chi connectivity index (χ0n) is 11.7. The highest BCUT2D eigenvalue weighted by Crippen LogP contribution is 2.22. The number of nitrogens with two attached hydrogens (primary N) is 1. The second kappa shape index (κ2) is 6.33. The van der Waals surface area contributed by atoms with E-state index in [1.165, 1.54) is 0 Å². The Labute approximate surface area is 128 Å². The highest BCUT2D eigenvalue weighted by Gasteiger charge is 2.15. The van der Waals surface area contributed by atoms with Crippen LogP contribution in [0.25, 0.3) is 11.1 Å². The van der Waals surface area contributed by atoms with E-state index in [2.05, 4.69) is 45.1 Å². The molecule has 0 spiro atoms. The molecule has 1 heterocycles. The van der Waals surface area contributed by atoms with Crippen molar-refractivity contribution in [2.75, 3.05) is 18.4 Å². The lowest BCUT2D eigenvalue weighted by Gasteiger charge is -2.22. The third kappa shape index (κ3) is 4.02. The Morgan fingerprint density at radius 2 is 1.90 bits per heavy atom. The number of hydrogen-bond acceptors (Lipinski definition) is 4. The van der Waals surface area contributed by atoms with Crippen LogP contribution in [0.3, 0.4) is 0 Å². The van der Waals surface area contributed by atoms with Gasteiger partial charge in [0, 0.05) is 29.0 Å². The Balaban J connectivity index is 2.07. The van der Waals surface area contributed by atoms with Gasteiger partial charge in [0.05, 0.1) is 0 Å². The fourth-order valence-electron chi connectivity index (χ4n) is 1.63.